The molecule has 1 aromatic rings. The first-order valence-electron chi connectivity index (χ1n) is 5.13. The number of carbonyl (C=O) groups excluding carboxylic acids is 2. The van der Waals surface area contributed by atoms with Crippen molar-refractivity contribution in [2.24, 2.45) is 0 Å². The van der Waals surface area contributed by atoms with Crippen molar-refractivity contribution in [2.75, 3.05) is 18.4 Å². The first kappa shape index (κ1) is 13.6. The molecule has 1 rings (SSSR count). The summed E-state index contributed by atoms with van der Waals surface area (Å²) in [5, 5.41) is 15.3. The van der Waals surface area contributed by atoms with Crippen LogP contribution in [0.2, 0.25) is 0 Å². The molecule has 0 saturated heterocycles. The molecule has 0 bridgehead atoms. The van der Waals surface area contributed by atoms with Gasteiger partial charge >= 0.3 is 0 Å². The van der Waals surface area contributed by atoms with E-state index in [4.69, 9.17) is 0 Å². The number of hydrogen-bond acceptors (Lipinski definition) is 4. The lowest BCUT2D eigenvalue weighted by molar-refractivity contribution is -0.384. The fourth-order valence-corrected chi connectivity index (χ4v) is 1.14. The van der Waals surface area contributed by atoms with Crippen molar-refractivity contribution >= 4 is 23.2 Å². The topological polar surface area (TPSA) is 129 Å². The minimum absolute atomic E-state index is 0.0571. The van der Waals surface area contributed by atoms with Gasteiger partial charge in [-0.25, -0.2) is 0 Å². The summed E-state index contributed by atoms with van der Waals surface area (Å²) in [5.41, 5.74) is 3.73. The van der Waals surface area contributed by atoms with Gasteiger partial charge in [-0.3, -0.25) is 19.7 Å². The Hall–Kier alpha value is -2.48. The molecule has 0 aliphatic heterocycles. The van der Waals surface area contributed by atoms with Crippen LogP contribution in [0.25, 0.3) is 0 Å². The number of rotatable bonds is 5. The van der Waals surface area contributed by atoms with Gasteiger partial charge in [0.05, 0.1) is 11.5 Å². The van der Waals surface area contributed by atoms with E-state index in [1.54, 1.807) is 0 Å². The average molecular weight is 253 g/mol. The van der Waals surface area contributed by atoms with E-state index in [0.29, 0.717) is 5.69 Å². The van der Waals surface area contributed by atoms with Gasteiger partial charge < -0.3 is 16.4 Å². The van der Waals surface area contributed by atoms with E-state index in [0.717, 1.165) is 0 Å². The maximum atomic E-state index is 11.4. The van der Waals surface area contributed by atoms with Crippen molar-refractivity contribution in [3.8, 4) is 0 Å². The number of non-ortho nitro benzene ring substituents is 1. The lowest BCUT2D eigenvalue weighted by Crippen LogP contribution is -2.57. The Labute approximate surface area is 102 Å². The van der Waals surface area contributed by atoms with Crippen LogP contribution in [0.4, 0.5) is 11.4 Å². The number of anilines is 1. The van der Waals surface area contributed by atoms with Crippen molar-refractivity contribution in [2.45, 2.75) is 0 Å². The standard InChI is InChI=1S/C10H12N4O4/c11-5-9(15)12-6-10(16)13-7-1-3-8(4-2-7)14(17)18/h1-4H,5-6,11H2,(H,12,15)(H,13,16)/p+1. The highest BCUT2D eigenvalue weighted by Crippen LogP contribution is 2.14. The quantitative estimate of drug-likeness (QED) is 0.454. The van der Waals surface area contributed by atoms with Gasteiger partial charge in [0, 0.05) is 17.8 Å². The zero-order chi connectivity index (χ0) is 13.5. The zero-order valence-electron chi connectivity index (χ0n) is 9.51. The molecule has 0 heterocycles. The van der Waals surface area contributed by atoms with E-state index < -0.39 is 10.8 Å². The van der Waals surface area contributed by atoms with E-state index in [1.165, 1.54) is 24.3 Å². The maximum absolute atomic E-state index is 11.4. The fraction of sp³-hybridized carbons (Fsp3) is 0.200. The van der Waals surface area contributed by atoms with Crippen molar-refractivity contribution in [1.82, 2.24) is 5.32 Å². The molecular weight excluding hydrogens is 240 g/mol. The highest BCUT2D eigenvalue weighted by molar-refractivity contribution is 5.94. The molecule has 2 amide bonds. The van der Waals surface area contributed by atoms with Crippen molar-refractivity contribution in [3.63, 3.8) is 0 Å². The lowest BCUT2D eigenvalue weighted by atomic mass is 10.3. The largest absolute Gasteiger partial charge is 0.350 e. The minimum Gasteiger partial charge on any atom is -0.350 e. The summed E-state index contributed by atoms with van der Waals surface area (Å²) in [6, 6.07) is 5.40. The Balaban J connectivity index is 2.49. The molecule has 0 atom stereocenters. The average Bonchev–Trinajstić information content (AvgIpc) is 2.36. The van der Waals surface area contributed by atoms with E-state index in [1.807, 2.05) is 0 Å². The number of benzene rings is 1. The maximum Gasteiger partial charge on any atom is 0.275 e. The van der Waals surface area contributed by atoms with Gasteiger partial charge in [-0.2, -0.15) is 0 Å². The molecule has 1 aromatic carbocycles. The van der Waals surface area contributed by atoms with Crippen LogP contribution in [0.15, 0.2) is 24.3 Å². The number of nitrogens with zero attached hydrogens (tertiary/aromatic N) is 1. The van der Waals surface area contributed by atoms with Crippen molar-refractivity contribution < 1.29 is 20.2 Å². The number of nitro benzene ring substituents is 1. The Morgan fingerprint density at radius 2 is 1.83 bits per heavy atom. The molecule has 8 nitrogen and oxygen atoms in total. The van der Waals surface area contributed by atoms with Gasteiger partial charge in [-0.05, 0) is 12.1 Å². The zero-order valence-corrected chi connectivity index (χ0v) is 9.51. The third-order valence-electron chi connectivity index (χ3n) is 2.04. The van der Waals surface area contributed by atoms with Crippen LogP contribution in [0.5, 0.6) is 0 Å². The van der Waals surface area contributed by atoms with Gasteiger partial charge in [0.2, 0.25) is 5.91 Å². The minimum atomic E-state index is -0.528. The molecule has 0 aliphatic carbocycles. The van der Waals surface area contributed by atoms with Gasteiger partial charge in [-0.1, -0.05) is 0 Å². The highest BCUT2D eigenvalue weighted by atomic mass is 16.6. The second-order valence-electron chi connectivity index (χ2n) is 3.38. The highest BCUT2D eigenvalue weighted by Gasteiger charge is 2.07. The van der Waals surface area contributed by atoms with Crippen LogP contribution in [-0.4, -0.2) is 29.8 Å². The number of quaternary nitrogens is 1. The molecule has 0 aromatic heterocycles. The van der Waals surface area contributed by atoms with Gasteiger partial charge in [-0.15, -0.1) is 0 Å². The molecule has 18 heavy (non-hydrogen) atoms. The number of carbonyl (C=O) groups is 2. The lowest BCUT2D eigenvalue weighted by Gasteiger charge is -2.05. The van der Waals surface area contributed by atoms with Gasteiger partial charge in [0.1, 0.15) is 0 Å². The Bertz CT molecular complexity index is 457. The molecule has 0 saturated carbocycles. The number of amides is 2. The molecule has 0 spiro atoms. The third-order valence-corrected chi connectivity index (χ3v) is 2.04. The fourth-order valence-electron chi connectivity index (χ4n) is 1.14. The summed E-state index contributed by atoms with van der Waals surface area (Å²) in [5.74, 6) is -0.737. The number of nitro groups is 1. The number of hydrogen-bond donors (Lipinski definition) is 3. The van der Waals surface area contributed by atoms with Crippen LogP contribution in [0, 0.1) is 10.1 Å². The van der Waals surface area contributed by atoms with Crippen LogP contribution >= 0.6 is 0 Å². The van der Waals surface area contributed by atoms with Crippen LogP contribution in [0.3, 0.4) is 0 Å². The summed E-state index contributed by atoms with van der Waals surface area (Å²) in [6.07, 6.45) is 0. The summed E-state index contributed by atoms with van der Waals surface area (Å²) in [7, 11) is 0. The first-order chi connectivity index (χ1) is 8.52. The van der Waals surface area contributed by atoms with Crippen LogP contribution in [-0.2, 0) is 9.59 Å². The predicted molar refractivity (Wildman–Crippen MR) is 62.5 cm³/mol. The smallest absolute Gasteiger partial charge is 0.275 e. The molecule has 96 valence electrons. The summed E-state index contributed by atoms with van der Waals surface area (Å²) >= 11 is 0. The van der Waals surface area contributed by atoms with Gasteiger partial charge in [0.15, 0.2) is 6.54 Å². The van der Waals surface area contributed by atoms with Crippen LogP contribution in [0.1, 0.15) is 0 Å². The predicted octanol–water partition coefficient (Wildman–Crippen LogP) is -1.11. The molecule has 8 heteroatoms. The Morgan fingerprint density at radius 3 is 2.33 bits per heavy atom. The molecular formula is C10H13N4O4+. The van der Waals surface area contributed by atoms with Gasteiger partial charge in [0.25, 0.3) is 11.6 Å². The van der Waals surface area contributed by atoms with E-state index >= 15 is 0 Å². The Kier molecular flexibility index (Phi) is 4.76. The SMILES string of the molecule is [NH3+]CC(=O)NCC(=O)Nc1ccc([N+](=O)[O-])cc1. The Morgan fingerprint density at radius 1 is 1.22 bits per heavy atom. The summed E-state index contributed by atoms with van der Waals surface area (Å²) in [6.45, 7) is -0.101. The summed E-state index contributed by atoms with van der Waals surface area (Å²) in [4.78, 5) is 32.1. The molecule has 0 aliphatic rings. The molecule has 0 radical (unpaired) electrons. The molecule has 0 unspecified atom stereocenters. The first-order valence-corrected chi connectivity index (χ1v) is 5.13. The number of nitrogens with one attached hydrogen (secondary N) is 2. The third kappa shape index (κ3) is 4.18. The molecule has 5 N–H and O–H groups in total. The van der Waals surface area contributed by atoms with Crippen molar-refractivity contribution in [1.29, 1.82) is 0 Å². The van der Waals surface area contributed by atoms with Crippen LogP contribution < -0.4 is 16.4 Å². The monoisotopic (exact) mass is 253 g/mol. The van der Waals surface area contributed by atoms with Crippen molar-refractivity contribution in [3.05, 3.63) is 34.4 Å². The molecule has 0 fully saturated rings. The summed E-state index contributed by atoms with van der Waals surface area (Å²) < 4.78 is 0. The second kappa shape index (κ2) is 6.30. The van der Waals surface area contributed by atoms with E-state index in [-0.39, 0.29) is 24.7 Å². The normalized spacial score (nSPS) is 9.61. The van der Waals surface area contributed by atoms with E-state index in [9.17, 15) is 19.7 Å². The van der Waals surface area contributed by atoms with E-state index in [2.05, 4.69) is 16.4 Å². The second-order valence-corrected chi connectivity index (χ2v) is 3.38.